The lowest BCUT2D eigenvalue weighted by molar-refractivity contribution is 0.102. The number of nitrogens with two attached hydrogens (primary N) is 1. The average molecular weight is 341 g/mol. The third-order valence-corrected chi connectivity index (χ3v) is 3.93. The largest absolute Gasteiger partial charge is 0.382 e. The summed E-state index contributed by atoms with van der Waals surface area (Å²) in [7, 11) is 0. The van der Waals surface area contributed by atoms with Crippen LogP contribution in [0.15, 0.2) is 34.9 Å². The predicted molar refractivity (Wildman–Crippen MR) is 80.5 cm³/mol. The van der Waals surface area contributed by atoms with Crippen molar-refractivity contribution in [1.29, 1.82) is 0 Å². The van der Waals surface area contributed by atoms with Crippen molar-refractivity contribution in [2.45, 2.75) is 6.92 Å². The Kier molecular flexibility index (Phi) is 4.07. The van der Waals surface area contributed by atoms with Gasteiger partial charge in [-0.25, -0.2) is 4.98 Å². The number of hydrogen-bond acceptors (Lipinski definition) is 3. The van der Waals surface area contributed by atoms with Gasteiger partial charge in [0.25, 0.3) is 5.91 Å². The minimum atomic E-state index is -0.291. The number of benzene rings is 1. The second-order valence-electron chi connectivity index (χ2n) is 3.98. The van der Waals surface area contributed by atoms with E-state index in [0.29, 0.717) is 11.3 Å². The van der Waals surface area contributed by atoms with Gasteiger partial charge in [0.05, 0.1) is 16.3 Å². The highest BCUT2D eigenvalue weighted by Crippen LogP contribution is 2.26. The molecule has 1 heterocycles. The first-order valence-electron chi connectivity index (χ1n) is 5.46. The topological polar surface area (TPSA) is 68.0 Å². The van der Waals surface area contributed by atoms with Crippen LogP contribution in [0.5, 0.6) is 0 Å². The van der Waals surface area contributed by atoms with Gasteiger partial charge in [-0.15, -0.1) is 0 Å². The van der Waals surface area contributed by atoms with Crippen LogP contribution in [-0.2, 0) is 0 Å². The number of anilines is 2. The van der Waals surface area contributed by atoms with Gasteiger partial charge in [0.1, 0.15) is 5.82 Å². The Balaban J connectivity index is 2.26. The number of nitrogens with zero attached hydrogens (tertiary/aromatic N) is 1. The Morgan fingerprint density at radius 1 is 1.47 bits per heavy atom. The highest BCUT2D eigenvalue weighted by molar-refractivity contribution is 9.10. The summed E-state index contributed by atoms with van der Waals surface area (Å²) >= 11 is 9.27. The van der Waals surface area contributed by atoms with Crippen LogP contribution in [0.4, 0.5) is 11.5 Å². The number of nitrogen functional groups attached to an aromatic ring is 1. The first kappa shape index (κ1) is 13.8. The standard InChI is InChI=1S/C13H11BrClN3O/c1-7-3-2-4-10(11(7)14)18-13(19)8-5-9(15)12(16)17-6-8/h2-6H,1H3,(H2,16,17)(H,18,19). The first-order valence-corrected chi connectivity index (χ1v) is 6.63. The molecular formula is C13H11BrClN3O. The summed E-state index contributed by atoms with van der Waals surface area (Å²) in [6.07, 6.45) is 1.39. The lowest BCUT2D eigenvalue weighted by Crippen LogP contribution is -2.13. The molecule has 0 aliphatic heterocycles. The van der Waals surface area contributed by atoms with Crippen molar-refractivity contribution in [3.63, 3.8) is 0 Å². The minimum absolute atomic E-state index is 0.204. The van der Waals surface area contributed by atoms with Crippen molar-refractivity contribution >= 4 is 44.9 Å². The van der Waals surface area contributed by atoms with Crippen LogP contribution in [0.2, 0.25) is 5.02 Å². The molecule has 0 unspecified atom stereocenters. The van der Waals surface area contributed by atoms with Gasteiger partial charge in [0.15, 0.2) is 0 Å². The Morgan fingerprint density at radius 2 is 2.21 bits per heavy atom. The van der Waals surface area contributed by atoms with E-state index in [0.717, 1.165) is 10.0 Å². The Bertz CT molecular complexity index is 646. The SMILES string of the molecule is Cc1cccc(NC(=O)c2cnc(N)c(Cl)c2)c1Br. The molecule has 19 heavy (non-hydrogen) atoms. The van der Waals surface area contributed by atoms with E-state index < -0.39 is 0 Å². The smallest absolute Gasteiger partial charge is 0.257 e. The molecule has 1 aromatic heterocycles. The number of carbonyl (C=O) groups excluding carboxylic acids is 1. The van der Waals surface area contributed by atoms with Crippen LogP contribution >= 0.6 is 27.5 Å². The van der Waals surface area contributed by atoms with Crippen LogP contribution in [0.25, 0.3) is 0 Å². The number of halogens is 2. The lowest BCUT2D eigenvalue weighted by atomic mass is 10.2. The molecule has 0 fully saturated rings. The fourth-order valence-corrected chi connectivity index (χ4v) is 2.04. The molecule has 0 saturated heterocycles. The maximum Gasteiger partial charge on any atom is 0.257 e. The number of aromatic nitrogens is 1. The third kappa shape index (κ3) is 3.05. The van der Waals surface area contributed by atoms with Gasteiger partial charge < -0.3 is 11.1 Å². The Hall–Kier alpha value is -1.59. The van der Waals surface area contributed by atoms with E-state index in [2.05, 4.69) is 26.2 Å². The number of carbonyl (C=O) groups is 1. The Labute approximate surface area is 124 Å². The molecular weight excluding hydrogens is 330 g/mol. The molecule has 1 aromatic carbocycles. The second-order valence-corrected chi connectivity index (χ2v) is 5.18. The van der Waals surface area contributed by atoms with E-state index in [1.54, 1.807) is 6.07 Å². The highest BCUT2D eigenvalue weighted by atomic mass is 79.9. The van der Waals surface area contributed by atoms with Crippen molar-refractivity contribution in [3.8, 4) is 0 Å². The van der Waals surface area contributed by atoms with Crippen molar-refractivity contribution in [2.75, 3.05) is 11.1 Å². The summed E-state index contributed by atoms with van der Waals surface area (Å²) < 4.78 is 0.845. The highest BCUT2D eigenvalue weighted by Gasteiger charge is 2.11. The minimum Gasteiger partial charge on any atom is -0.382 e. The van der Waals surface area contributed by atoms with E-state index in [1.807, 2.05) is 19.1 Å². The number of aryl methyl sites for hydroxylation is 1. The van der Waals surface area contributed by atoms with Gasteiger partial charge in [-0.2, -0.15) is 0 Å². The van der Waals surface area contributed by atoms with Crippen molar-refractivity contribution in [1.82, 2.24) is 4.98 Å². The molecule has 4 nitrogen and oxygen atoms in total. The Morgan fingerprint density at radius 3 is 2.89 bits per heavy atom. The maximum absolute atomic E-state index is 12.1. The molecule has 3 N–H and O–H groups in total. The molecule has 0 aliphatic rings. The molecule has 2 rings (SSSR count). The van der Waals surface area contributed by atoms with Gasteiger partial charge in [0.2, 0.25) is 0 Å². The van der Waals surface area contributed by atoms with Crippen LogP contribution < -0.4 is 11.1 Å². The van der Waals surface area contributed by atoms with Gasteiger partial charge in [0, 0.05) is 10.7 Å². The number of hydrogen-bond donors (Lipinski definition) is 2. The number of nitrogens with one attached hydrogen (secondary N) is 1. The number of rotatable bonds is 2. The van der Waals surface area contributed by atoms with Crippen molar-refractivity contribution in [3.05, 3.63) is 51.1 Å². The average Bonchev–Trinajstić information content (AvgIpc) is 2.38. The predicted octanol–water partition coefficient (Wildman–Crippen LogP) is 3.64. The van der Waals surface area contributed by atoms with E-state index in [4.69, 9.17) is 17.3 Å². The fourth-order valence-electron chi connectivity index (χ4n) is 1.51. The van der Waals surface area contributed by atoms with Gasteiger partial charge in [-0.3, -0.25) is 4.79 Å². The van der Waals surface area contributed by atoms with Crippen molar-refractivity contribution in [2.24, 2.45) is 0 Å². The summed E-state index contributed by atoms with van der Waals surface area (Å²) in [4.78, 5) is 15.9. The zero-order valence-electron chi connectivity index (χ0n) is 10.1. The molecule has 0 saturated carbocycles. The quantitative estimate of drug-likeness (QED) is 0.877. The molecule has 1 amide bonds. The van der Waals surface area contributed by atoms with E-state index >= 15 is 0 Å². The molecule has 0 aliphatic carbocycles. The third-order valence-electron chi connectivity index (χ3n) is 2.57. The number of pyridine rings is 1. The summed E-state index contributed by atoms with van der Waals surface area (Å²) in [5.41, 5.74) is 7.58. The van der Waals surface area contributed by atoms with Gasteiger partial charge >= 0.3 is 0 Å². The molecule has 0 bridgehead atoms. The molecule has 2 aromatic rings. The van der Waals surface area contributed by atoms with Crippen LogP contribution in [0, 0.1) is 6.92 Å². The zero-order chi connectivity index (χ0) is 14.0. The monoisotopic (exact) mass is 339 g/mol. The van der Waals surface area contributed by atoms with E-state index in [1.165, 1.54) is 12.3 Å². The molecule has 0 radical (unpaired) electrons. The van der Waals surface area contributed by atoms with Crippen LogP contribution in [-0.4, -0.2) is 10.9 Å². The van der Waals surface area contributed by atoms with E-state index in [-0.39, 0.29) is 16.7 Å². The molecule has 0 atom stereocenters. The maximum atomic E-state index is 12.1. The molecule has 6 heteroatoms. The summed E-state index contributed by atoms with van der Waals surface area (Å²) in [6.45, 7) is 1.95. The van der Waals surface area contributed by atoms with Crippen molar-refractivity contribution < 1.29 is 4.79 Å². The van der Waals surface area contributed by atoms with Crippen LogP contribution in [0.3, 0.4) is 0 Å². The first-order chi connectivity index (χ1) is 8.99. The summed E-state index contributed by atoms with van der Waals surface area (Å²) in [5, 5.41) is 3.05. The van der Waals surface area contributed by atoms with Crippen LogP contribution in [0.1, 0.15) is 15.9 Å². The normalized spacial score (nSPS) is 10.3. The lowest BCUT2D eigenvalue weighted by Gasteiger charge is -2.09. The molecule has 0 spiro atoms. The van der Waals surface area contributed by atoms with Gasteiger partial charge in [-0.05, 0) is 40.5 Å². The fraction of sp³-hybridized carbons (Fsp3) is 0.0769. The summed E-state index contributed by atoms with van der Waals surface area (Å²) in [6, 6.07) is 7.11. The summed E-state index contributed by atoms with van der Waals surface area (Å²) in [5.74, 6) is -0.0874. The second kappa shape index (κ2) is 5.59. The van der Waals surface area contributed by atoms with Gasteiger partial charge in [-0.1, -0.05) is 23.7 Å². The molecule has 98 valence electrons. The van der Waals surface area contributed by atoms with E-state index in [9.17, 15) is 4.79 Å². The number of amides is 1. The zero-order valence-corrected chi connectivity index (χ0v) is 12.4.